The molecule has 0 aromatic heterocycles. The number of methoxy groups -OCH3 is 1. The molecule has 1 aromatic rings. The van der Waals surface area contributed by atoms with Crippen LogP contribution < -0.4 is 10.5 Å². The molecule has 0 aliphatic rings. The van der Waals surface area contributed by atoms with Crippen LogP contribution in [-0.2, 0) is 20.8 Å². The number of primary amides is 1. The number of carbonyl (C=O) groups is 3. The van der Waals surface area contributed by atoms with E-state index in [1.807, 2.05) is 18.2 Å². The molecule has 0 radical (unpaired) electrons. The Morgan fingerprint density at radius 3 is 2.19 bits per heavy atom. The smallest absolute Gasteiger partial charge is 0.414 e. The van der Waals surface area contributed by atoms with Gasteiger partial charge in [0.2, 0.25) is 5.91 Å². The third kappa shape index (κ3) is 11.0. The summed E-state index contributed by atoms with van der Waals surface area (Å²) in [7, 11) is 1.70. The monoisotopic (exact) mass is 368 g/mol. The second-order valence-corrected chi connectivity index (χ2v) is 5.58. The van der Waals surface area contributed by atoms with Crippen LogP contribution in [0.1, 0.15) is 31.7 Å². The Morgan fingerprint density at radius 2 is 1.69 bits per heavy atom. The maximum absolute atomic E-state index is 10.8. The van der Waals surface area contributed by atoms with Crippen molar-refractivity contribution in [1.82, 2.24) is 4.90 Å². The second kappa shape index (κ2) is 13.7. The van der Waals surface area contributed by atoms with Gasteiger partial charge in [-0.1, -0.05) is 25.1 Å². The standard InChI is InChI=1S/C16H26N2O2.C2H2O4/c1-3-11-18(12-6-9-16(17)19)13-10-14-7-4-5-8-15(14)20-2;3-1(4)2(5)6/h4-5,7-8H,3,6,9-13H2,1-2H3,(H2,17,19);(H,3,4)(H,5,6). The minimum absolute atomic E-state index is 0.217. The van der Waals surface area contributed by atoms with Gasteiger partial charge >= 0.3 is 11.9 Å². The van der Waals surface area contributed by atoms with Crippen LogP contribution in [0, 0.1) is 0 Å². The van der Waals surface area contributed by atoms with Crippen LogP contribution in [0.15, 0.2) is 24.3 Å². The maximum Gasteiger partial charge on any atom is 0.414 e. The van der Waals surface area contributed by atoms with E-state index in [0.717, 1.165) is 44.6 Å². The highest BCUT2D eigenvalue weighted by Crippen LogP contribution is 2.18. The van der Waals surface area contributed by atoms with Crippen molar-refractivity contribution in [3.05, 3.63) is 29.8 Å². The molecule has 0 heterocycles. The fourth-order valence-electron chi connectivity index (χ4n) is 2.32. The first-order valence-corrected chi connectivity index (χ1v) is 8.40. The summed E-state index contributed by atoms with van der Waals surface area (Å²) in [5, 5.41) is 14.8. The largest absolute Gasteiger partial charge is 0.496 e. The van der Waals surface area contributed by atoms with Gasteiger partial charge < -0.3 is 25.6 Å². The molecule has 0 aliphatic heterocycles. The summed E-state index contributed by atoms with van der Waals surface area (Å²) in [5.41, 5.74) is 6.41. The summed E-state index contributed by atoms with van der Waals surface area (Å²) >= 11 is 0. The number of rotatable bonds is 10. The first-order chi connectivity index (χ1) is 12.3. The zero-order valence-electron chi connectivity index (χ0n) is 15.3. The first kappa shape index (κ1) is 23.4. The number of nitrogens with zero attached hydrogens (tertiary/aromatic N) is 1. The van der Waals surface area contributed by atoms with Gasteiger partial charge in [-0.05, 0) is 44.0 Å². The van der Waals surface area contributed by atoms with E-state index in [9.17, 15) is 4.79 Å². The number of ether oxygens (including phenoxy) is 1. The van der Waals surface area contributed by atoms with E-state index >= 15 is 0 Å². The lowest BCUT2D eigenvalue weighted by atomic mass is 10.1. The van der Waals surface area contributed by atoms with Crippen molar-refractivity contribution in [2.24, 2.45) is 5.73 Å². The van der Waals surface area contributed by atoms with Crippen molar-refractivity contribution in [2.45, 2.75) is 32.6 Å². The van der Waals surface area contributed by atoms with Crippen LogP contribution >= 0.6 is 0 Å². The molecule has 0 spiro atoms. The Balaban J connectivity index is 0.000000896. The Labute approximate surface area is 153 Å². The highest BCUT2D eigenvalue weighted by atomic mass is 16.5. The Hall–Kier alpha value is -2.61. The molecule has 0 bridgehead atoms. The Morgan fingerprint density at radius 1 is 1.08 bits per heavy atom. The van der Waals surface area contributed by atoms with Crippen LogP contribution in [-0.4, -0.2) is 59.7 Å². The van der Waals surface area contributed by atoms with Crippen LogP contribution in [0.3, 0.4) is 0 Å². The van der Waals surface area contributed by atoms with Gasteiger partial charge in [0.1, 0.15) is 5.75 Å². The second-order valence-electron chi connectivity index (χ2n) is 5.58. The number of nitrogens with two attached hydrogens (primary N) is 1. The number of benzene rings is 1. The first-order valence-electron chi connectivity index (χ1n) is 8.40. The van der Waals surface area contributed by atoms with Gasteiger partial charge in [-0.3, -0.25) is 4.79 Å². The normalized spacial score (nSPS) is 9.96. The van der Waals surface area contributed by atoms with Gasteiger partial charge in [0.25, 0.3) is 0 Å². The maximum atomic E-state index is 10.8. The van der Waals surface area contributed by atoms with Crippen molar-refractivity contribution in [3.63, 3.8) is 0 Å². The van der Waals surface area contributed by atoms with Crippen LogP contribution in [0.4, 0.5) is 0 Å². The third-order valence-corrected chi connectivity index (χ3v) is 3.51. The molecule has 0 atom stereocenters. The van der Waals surface area contributed by atoms with E-state index < -0.39 is 11.9 Å². The van der Waals surface area contributed by atoms with Crippen LogP contribution in [0.5, 0.6) is 5.75 Å². The molecule has 1 amide bonds. The Bertz CT molecular complexity index is 565. The van der Waals surface area contributed by atoms with E-state index in [2.05, 4.69) is 17.9 Å². The zero-order chi connectivity index (χ0) is 19.9. The molecule has 146 valence electrons. The van der Waals surface area contributed by atoms with Crippen molar-refractivity contribution in [2.75, 3.05) is 26.7 Å². The van der Waals surface area contributed by atoms with Crippen molar-refractivity contribution < 1.29 is 29.3 Å². The van der Waals surface area contributed by atoms with E-state index in [1.165, 1.54) is 5.56 Å². The number of hydrogen-bond acceptors (Lipinski definition) is 5. The number of para-hydroxylation sites is 1. The molecule has 0 fully saturated rings. The van der Waals surface area contributed by atoms with E-state index in [1.54, 1.807) is 7.11 Å². The average molecular weight is 368 g/mol. The fourth-order valence-corrected chi connectivity index (χ4v) is 2.32. The molecule has 1 aromatic carbocycles. The number of carboxylic acid groups (broad SMARTS) is 2. The summed E-state index contributed by atoms with van der Waals surface area (Å²) in [6.45, 7) is 5.12. The van der Waals surface area contributed by atoms with Crippen molar-refractivity contribution >= 4 is 17.8 Å². The van der Waals surface area contributed by atoms with Gasteiger partial charge in [0.15, 0.2) is 0 Å². The zero-order valence-corrected chi connectivity index (χ0v) is 15.3. The highest BCUT2D eigenvalue weighted by molar-refractivity contribution is 6.27. The van der Waals surface area contributed by atoms with E-state index in [4.69, 9.17) is 30.3 Å². The number of hydrogen-bond donors (Lipinski definition) is 3. The molecular weight excluding hydrogens is 340 g/mol. The third-order valence-electron chi connectivity index (χ3n) is 3.51. The van der Waals surface area contributed by atoms with Gasteiger partial charge in [-0.2, -0.15) is 0 Å². The minimum atomic E-state index is -1.82. The fraction of sp³-hybridized carbons (Fsp3) is 0.500. The number of amides is 1. The molecule has 8 nitrogen and oxygen atoms in total. The van der Waals surface area contributed by atoms with Crippen molar-refractivity contribution in [3.8, 4) is 5.75 Å². The summed E-state index contributed by atoms with van der Waals surface area (Å²) < 4.78 is 5.37. The van der Waals surface area contributed by atoms with Crippen LogP contribution in [0.2, 0.25) is 0 Å². The summed E-state index contributed by atoms with van der Waals surface area (Å²) in [6.07, 6.45) is 3.37. The average Bonchev–Trinajstić information content (AvgIpc) is 2.60. The molecule has 0 unspecified atom stereocenters. The molecule has 0 saturated carbocycles. The highest BCUT2D eigenvalue weighted by Gasteiger charge is 2.07. The SMILES string of the molecule is CCCN(CCCC(N)=O)CCc1ccccc1OC.O=C(O)C(=O)O. The molecule has 1 rings (SSSR count). The Kier molecular flexibility index (Phi) is 12.3. The van der Waals surface area contributed by atoms with Gasteiger partial charge in [-0.15, -0.1) is 0 Å². The lowest BCUT2D eigenvalue weighted by Crippen LogP contribution is -2.29. The van der Waals surface area contributed by atoms with Crippen molar-refractivity contribution in [1.29, 1.82) is 0 Å². The lowest BCUT2D eigenvalue weighted by molar-refractivity contribution is -0.159. The molecule has 26 heavy (non-hydrogen) atoms. The van der Waals surface area contributed by atoms with Crippen LogP contribution in [0.25, 0.3) is 0 Å². The molecular formula is C18H28N2O6. The molecule has 0 aliphatic carbocycles. The van der Waals surface area contributed by atoms with E-state index in [0.29, 0.717) is 6.42 Å². The van der Waals surface area contributed by atoms with Gasteiger partial charge in [0.05, 0.1) is 7.11 Å². The quantitative estimate of drug-likeness (QED) is 0.532. The minimum Gasteiger partial charge on any atom is -0.496 e. The van der Waals surface area contributed by atoms with E-state index in [-0.39, 0.29) is 5.91 Å². The molecule has 4 N–H and O–H groups in total. The molecule has 8 heteroatoms. The summed E-state index contributed by atoms with van der Waals surface area (Å²) in [6, 6.07) is 8.12. The summed E-state index contributed by atoms with van der Waals surface area (Å²) in [5.74, 6) is -2.92. The number of carboxylic acids is 2. The number of carbonyl (C=O) groups excluding carboxylic acids is 1. The lowest BCUT2D eigenvalue weighted by Gasteiger charge is -2.21. The predicted octanol–water partition coefficient (Wildman–Crippen LogP) is 1.37. The number of aliphatic carboxylic acids is 2. The predicted molar refractivity (Wildman–Crippen MR) is 97.1 cm³/mol. The topological polar surface area (TPSA) is 130 Å². The van der Waals surface area contributed by atoms with Gasteiger partial charge in [-0.25, -0.2) is 9.59 Å². The summed E-state index contributed by atoms with van der Waals surface area (Å²) in [4.78, 5) is 31.4. The van der Waals surface area contributed by atoms with Gasteiger partial charge in [0, 0.05) is 13.0 Å². The molecule has 0 saturated heterocycles.